The number of terminal acetylenes is 2. The van der Waals surface area contributed by atoms with Gasteiger partial charge < -0.3 is 0 Å². The summed E-state index contributed by atoms with van der Waals surface area (Å²) < 4.78 is 90.0. The molecule has 242 valence electrons. The molecule has 0 bridgehead atoms. The molecule has 12 nitrogen and oxygen atoms in total. The van der Waals surface area contributed by atoms with Gasteiger partial charge in [-0.3, -0.25) is 0 Å². The molecule has 2 aromatic carbocycles. The van der Waals surface area contributed by atoms with E-state index in [1.807, 2.05) is 60.7 Å². The summed E-state index contributed by atoms with van der Waals surface area (Å²) in [6, 6.07) is 20.0. The van der Waals surface area contributed by atoms with Crippen molar-refractivity contribution in [1.29, 1.82) is 0 Å². The van der Waals surface area contributed by atoms with Gasteiger partial charge in [-0.05, 0) is 11.1 Å². The van der Waals surface area contributed by atoms with Crippen LogP contribution in [0.4, 0.5) is 0 Å². The average molecular weight is 802 g/mol. The molecule has 0 heterocycles. The van der Waals surface area contributed by atoms with Crippen molar-refractivity contribution in [1.82, 2.24) is 0 Å². The number of hydrogen-bond donors (Lipinski definition) is 0. The van der Waals surface area contributed by atoms with Gasteiger partial charge in [0, 0.05) is 67.1 Å². The van der Waals surface area contributed by atoms with E-state index in [4.69, 9.17) is 68.7 Å². The van der Waals surface area contributed by atoms with Crippen molar-refractivity contribution in [2.45, 2.75) is 11.8 Å². The van der Waals surface area contributed by atoms with E-state index in [1.165, 1.54) is 0 Å². The largest absolute Gasteiger partial charge is 0 e. The molecule has 0 N–H and O–H groups in total. The maximum atomic E-state index is 7.50. The Bertz CT molecular complexity index is 930. The summed E-state index contributed by atoms with van der Waals surface area (Å²) in [5, 5.41) is 0. The van der Waals surface area contributed by atoms with Crippen LogP contribution in [-0.4, -0.2) is 0 Å². The summed E-state index contributed by atoms with van der Waals surface area (Å²) in [5.41, 5.74) is 2.18. The molecule has 0 aliphatic rings. The van der Waals surface area contributed by atoms with E-state index >= 15 is 0 Å². The van der Waals surface area contributed by atoms with E-state index in [1.54, 1.807) is 0 Å². The summed E-state index contributed by atoms with van der Waals surface area (Å²) in [6.45, 7) is 54.0. The second-order valence-electron chi connectivity index (χ2n) is 4.11. The minimum atomic E-state index is -0.0846. The molecule has 0 aromatic heterocycles. The fraction of sp³-hybridized carbons (Fsp3) is 0.0667. The van der Waals surface area contributed by atoms with E-state index in [9.17, 15) is 0 Å². The zero-order valence-electron chi connectivity index (χ0n) is 22.3. The third-order valence-corrected chi connectivity index (χ3v) is 3.01. The maximum absolute atomic E-state index is 7.50. The zero-order chi connectivity index (χ0) is 36.8. The molecule has 2 atom stereocenters. The van der Waals surface area contributed by atoms with E-state index in [2.05, 4.69) is 91.6 Å². The van der Waals surface area contributed by atoms with Crippen LogP contribution in [0.2, 0.25) is 0 Å². The van der Waals surface area contributed by atoms with Crippen LogP contribution < -0.4 is 0 Å². The van der Waals surface area contributed by atoms with E-state index in [0.717, 1.165) is 11.1 Å². The second kappa shape index (κ2) is 162. The van der Waals surface area contributed by atoms with Crippen molar-refractivity contribution in [3.05, 3.63) is 152 Å². The molecule has 4 radical (unpaired) electrons. The van der Waals surface area contributed by atoms with E-state index in [-0.39, 0.29) is 79.0 Å². The first-order valence-electron chi connectivity index (χ1n) is 8.34. The van der Waals surface area contributed by atoms with Gasteiger partial charge in [0.2, 0.25) is 0 Å². The van der Waals surface area contributed by atoms with Crippen LogP contribution >= 0.6 is 0 Å². The first-order valence-corrected chi connectivity index (χ1v) is 8.34. The Labute approximate surface area is 309 Å². The number of hydrogen-bond acceptors (Lipinski definition) is 0. The van der Waals surface area contributed by atoms with E-state index in [0.29, 0.717) is 0 Å². The zero-order valence-corrected chi connectivity index (χ0v) is 26.5. The third kappa shape index (κ3) is 77.8. The first kappa shape index (κ1) is 96.8. The van der Waals surface area contributed by atoms with Crippen molar-refractivity contribution in [3.63, 3.8) is 0 Å². The Morgan fingerprint density at radius 1 is 0.326 bits per heavy atom. The van der Waals surface area contributed by atoms with Gasteiger partial charge >= 0.3 is 136 Å². The summed E-state index contributed by atoms with van der Waals surface area (Å²) in [5.74, 6) is 5.48. The third-order valence-electron chi connectivity index (χ3n) is 3.01. The van der Waals surface area contributed by atoms with Crippen molar-refractivity contribution in [3.8, 4) is 24.7 Å². The van der Waals surface area contributed by atoms with Gasteiger partial charge in [-0.15, -0.1) is 12.8 Å². The molecule has 0 amide bonds. The van der Waals surface area contributed by atoms with Crippen LogP contribution in [0.15, 0.2) is 60.7 Å². The Balaban J connectivity index is -0.0000000227. The van der Waals surface area contributed by atoms with Crippen molar-refractivity contribution in [2.75, 3.05) is 0 Å². The van der Waals surface area contributed by atoms with E-state index < -0.39 is 0 Å². The molecule has 0 saturated carbocycles. The van der Waals surface area contributed by atoms with Gasteiger partial charge in [0.15, 0.2) is 0 Å². The molecule has 0 unspecified atom stereocenters. The van der Waals surface area contributed by atoms with Crippen LogP contribution in [0.1, 0.15) is 23.0 Å². The average Bonchev–Trinajstić information content (AvgIpc) is 3.18. The predicted molar refractivity (Wildman–Crippen MR) is 123 cm³/mol. The molecule has 2 rings (SSSR count). The van der Waals surface area contributed by atoms with Crippen molar-refractivity contribution < 1.29 is 123 Å². The Morgan fingerprint density at radius 3 is 0.565 bits per heavy atom. The normalized spacial score (nSPS) is 5.61. The number of benzene rings is 2. The van der Waals surface area contributed by atoms with Gasteiger partial charge in [-0.2, -0.15) is 0 Å². The Hall–Kier alpha value is -3.53. The molecule has 0 spiro atoms. The van der Waals surface area contributed by atoms with Crippen LogP contribution in [0.25, 0.3) is 0 Å². The van der Waals surface area contributed by atoms with Crippen LogP contribution in [-0.2, 0) is 123 Å². The molecule has 16 heteroatoms. The van der Waals surface area contributed by atoms with Gasteiger partial charge in [0.25, 0.3) is 0 Å². The van der Waals surface area contributed by atoms with Gasteiger partial charge in [-0.1, -0.05) is 72.5 Å². The van der Waals surface area contributed by atoms with Crippen LogP contribution in [0.5, 0.6) is 0 Å². The topological polar surface area (TPSA) is 239 Å². The van der Waals surface area contributed by atoms with Gasteiger partial charge in [0.1, 0.15) is 0 Å². The molecule has 0 aliphatic heterocycles. The summed E-state index contributed by atoms with van der Waals surface area (Å²) in [4.78, 5) is 0. The van der Waals surface area contributed by atoms with Gasteiger partial charge in [-0.25, -0.2) is 0 Å². The molecule has 0 fully saturated rings. The van der Waals surface area contributed by atoms with Crippen molar-refractivity contribution in [2.24, 2.45) is 0 Å². The van der Waals surface area contributed by atoms with Gasteiger partial charge in [0.05, 0.1) is 11.8 Å². The fourth-order valence-electron chi connectivity index (χ4n) is 2.09. The molecule has 46 heavy (non-hydrogen) atoms. The SMILES string of the molecule is C#C[C@H](c1ccccc1)[C@@H](C#C)c1ccccc1.[C-]#[O+].[C-]#[O+].[C-]#[O+].[C-]#[O+].[C-]#[O+].[C-]#[O+].[C-]#[O+].[C-]#[O+].[C-]#[O+].[C-]#[O+].[C-]#[O+].[C-]#[O+].[Co].[Co].[Co].[Co]. The van der Waals surface area contributed by atoms with Crippen LogP contribution in [0, 0.1) is 104 Å². The monoisotopic (exact) mass is 802 g/mol. The molecule has 2 aromatic rings. The Kier molecular flexibility index (Phi) is 341. The molecule has 0 saturated heterocycles. The Morgan fingerprint density at radius 2 is 0.457 bits per heavy atom. The standard InChI is InChI=1S/C18H14.12CO.4Co/c1-3-17(15-11-7-5-8-12-15)18(4-2)16-13-9-6-10-14-16;12*1-2;;;;/h1-2,5-14,17-18H;;;;;;;;;;;;;;;;/t17-,18+;;;;;;;;;;;;;;;;. The number of rotatable bonds is 3. The summed E-state index contributed by atoms with van der Waals surface area (Å²) in [6.07, 6.45) is 11.3. The fourth-order valence-corrected chi connectivity index (χ4v) is 2.09. The summed E-state index contributed by atoms with van der Waals surface area (Å²) >= 11 is 0. The molecular formula is C30H14Co4O12. The van der Waals surface area contributed by atoms with Crippen LogP contribution in [0.3, 0.4) is 0 Å². The minimum Gasteiger partial charge on any atom is 0 e. The second-order valence-corrected chi connectivity index (χ2v) is 4.11. The predicted octanol–water partition coefficient (Wildman–Crippen LogP) is 3.36. The minimum absolute atomic E-state index is 0. The first-order chi connectivity index (χ1) is 20.9. The summed E-state index contributed by atoms with van der Waals surface area (Å²) in [7, 11) is 0. The maximum Gasteiger partial charge on any atom is 0 e. The molecular weight excluding hydrogens is 788 g/mol. The molecule has 0 aliphatic carbocycles. The quantitative estimate of drug-likeness (QED) is 0.247. The smallest absolute Gasteiger partial charge is 0 e. The van der Waals surface area contributed by atoms with Crippen molar-refractivity contribution >= 4 is 0 Å².